The Morgan fingerprint density at radius 2 is 1.50 bits per heavy atom. The molecule has 0 fully saturated rings. The number of hydrogen-bond acceptors (Lipinski definition) is 4. The predicted molar refractivity (Wildman–Crippen MR) is 137 cm³/mol. The van der Waals surface area contributed by atoms with Gasteiger partial charge in [-0.25, -0.2) is 9.59 Å². The van der Waals surface area contributed by atoms with E-state index in [0.29, 0.717) is 12.7 Å². The van der Waals surface area contributed by atoms with Crippen LogP contribution in [0.25, 0.3) is 11.1 Å². The minimum absolute atomic E-state index is 0.0752. The molecule has 3 aromatic carbocycles. The first-order valence-corrected chi connectivity index (χ1v) is 12.0. The van der Waals surface area contributed by atoms with Crippen molar-refractivity contribution in [3.8, 4) is 16.9 Å². The van der Waals surface area contributed by atoms with Crippen LogP contribution in [0.4, 0.5) is 4.79 Å². The highest BCUT2D eigenvalue weighted by molar-refractivity contribution is 14.1. The van der Waals surface area contributed by atoms with Crippen molar-refractivity contribution in [2.75, 3.05) is 6.61 Å². The van der Waals surface area contributed by atoms with Crippen LogP contribution in [0, 0.1) is 7.14 Å². The van der Waals surface area contributed by atoms with Crippen molar-refractivity contribution >= 4 is 57.2 Å². The van der Waals surface area contributed by atoms with E-state index in [4.69, 9.17) is 4.74 Å². The summed E-state index contributed by atoms with van der Waals surface area (Å²) in [6.45, 7) is 0.112. The number of alkyl carbamates (subject to hydrolysis) is 1. The normalized spacial score (nSPS) is 13.2. The molecule has 4 rings (SSSR count). The van der Waals surface area contributed by atoms with E-state index in [2.05, 4.69) is 17.4 Å². The van der Waals surface area contributed by atoms with E-state index in [-0.39, 0.29) is 24.7 Å². The second kappa shape index (κ2) is 9.65. The Bertz CT molecular complexity index is 1130. The summed E-state index contributed by atoms with van der Waals surface area (Å²) >= 11 is 3.97. The van der Waals surface area contributed by atoms with Gasteiger partial charge < -0.3 is 20.3 Å². The molecule has 0 saturated heterocycles. The van der Waals surface area contributed by atoms with E-state index in [1.54, 1.807) is 12.1 Å². The zero-order chi connectivity index (χ0) is 22.8. The smallest absolute Gasteiger partial charge is 0.407 e. The van der Waals surface area contributed by atoms with Crippen molar-refractivity contribution in [3.63, 3.8) is 0 Å². The lowest BCUT2D eigenvalue weighted by Gasteiger charge is -2.18. The number of carbonyl (C=O) groups is 2. The number of phenolic OH excluding ortho intramolecular Hbond substituents is 1. The van der Waals surface area contributed by atoms with Gasteiger partial charge in [0.25, 0.3) is 0 Å². The number of carbonyl (C=O) groups excluding carboxylic acids is 1. The summed E-state index contributed by atoms with van der Waals surface area (Å²) < 4.78 is 6.71. The highest BCUT2D eigenvalue weighted by Gasteiger charge is 2.30. The Kier molecular flexibility index (Phi) is 6.89. The topological polar surface area (TPSA) is 95.9 Å². The van der Waals surface area contributed by atoms with Gasteiger partial charge in [0.1, 0.15) is 18.4 Å². The maximum Gasteiger partial charge on any atom is 0.407 e. The molecule has 8 heteroatoms. The predicted octanol–water partition coefficient (Wildman–Crippen LogP) is 5.14. The van der Waals surface area contributed by atoms with Crippen molar-refractivity contribution in [2.24, 2.45) is 0 Å². The molecule has 1 atom stereocenters. The van der Waals surface area contributed by atoms with Crippen LogP contribution in [0.3, 0.4) is 0 Å². The number of amides is 1. The Balaban J connectivity index is 1.44. The molecular formula is C24H19I2NO5. The van der Waals surface area contributed by atoms with Crippen LogP contribution in [-0.4, -0.2) is 34.9 Å². The standard InChI is InChI=1S/C24H19I2NO5/c25-19-9-13(10-20(26)22(19)28)11-21(23(29)30)27-24(31)32-12-18-16-7-3-1-5-14(16)15-6-2-4-8-17(15)18/h1-10,18,21,28H,11-12H2,(H,27,31)(H,29,30)/t21-/m0/s1. The van der Waals surface area contributed by atoms with Gasteiger partial charge in [-0.1, -0.05) is 48.5 Å². The van der Waals surface area contributed by atoms with E-state index < -0.39 is 18.1 Å². The van der Waals surface area contributed by atoms with E-state index in [9.17, 15) is 19.8 Å². The summed E-state index contributed by atoms with van der Waals surface area (Å²) in [6, 6.07) is 18.3. The molecule has 1 aliphatic rings. The van der Waals surface area contributed by atoms with Gasteiger partial charge in [-0.3, -0.25) is 0 Å². The Morgan fingerprint density at radius 3 is 2.03 bits per heavy atom. The minimum atomic E-state index is -1.16. The van der Waals surface area contributed by atoms with Gasteiger partial charge in [0.05, 0.1) is 7.14 Å². The monoisotopic (exact) mass is 655 g/mol. The first-order valence-electron chi connectivity index (χ1n) is 9.86. The van der Waals surface area contributed by atoms with Crippen LogP contribution >= 0.6 is 45.2 Å². The second-order valence-corrected chi connectivity index (χ2v) is 9.80. The fourth-order valence-corrected chi connectivity index (χ4v) is 5.85. The van der Waals surface area contributed by atoms with Gasteiger partial charge in [-0.15, -0.1) is 0 Å². The second-order valence-electron chi connectivity index (χ2n) is 7.47. The fourth-order valence-electron chi connectivity index (χ4n) is 3.95. The molecule has 0 aliphatic heterocycles. The maximum atomic E-state index is 12.5. The van der Waals surface area contributed by atoms with Crippen molar-refractivity contribution in [1.29, 1.82) is 0 Å². The molecule has 3 aromatic rings. The number of aliphatic carboxylic acids is 1. The molecule has 1 amide bonds. The number of benzene rings is 3. The van der Waals surface area contributed by atoms with Crippen LogP contribution < -0.4 is 5.32 Å². The van der Waals surface area contributed by atoms with Gasteiger partial charge in [0.2, 0.25) is 0 Å². The lowest BCUT2D eigenvalue weighted by molar-refractivity contribution is -0.139. The molecule has 3 N–H and O–H groups in total. The average molecular weight is 655 g/mol. The number of hydrogen-bond donors (Lipinski definition) is 3. The number of rotatable bonds is 6. The molecule has 0 unspecified atom stereocenters. The van der Waals surface area contributed by atoms with Gasteiger partial charge in [0, 0.05) is 12.3 Å². The number of ether oxygens (including phenoxy) is 1. The molecule has 0 bridgehead atoms. The lowest BCUT2D eigenvalue weighted by Crippen LogP contribution is -2.43. The average Bonchev–Trinajstić information content (AvgIpc) is 3.09. The molecule has 1 aliphatic carbocycles. The largest absolute Gasteiger partial charge is 0.506 e. The Hall–Kier alpha value is -2.34. The van der Waals surface area contributed by atoms with E-state index >= 15 is 0 Å². The van der Waals surface area contributed by atoms with Crippen molar-refractivity contribution in [1.82, 2.24) is 5.32 Å². The summed E-state index contributed by atoms with van der Waals surface area (Å²) in [5.74, 6) is -1.10. The summed E-state index contributed by atoms with van der Waals surface area (Å²) in [5.41, 5.74) is 5.12. The van der Waals surface area contributed by atoms with Crippen LogP contribution in [0.2, 0.25) is 0 Å². The zero-order valence-corrected chi connectivity index (χ0v) is 21.0. The first-order chi connectivity index (χ1) is 15.3. The SMILES string of the molecule is O=C(N[C@@H](Cc1cc(I)c(O)c(I)c1)C(=O)O)OCC1c2ccccc2-c2ccccc21. The number of fused-ring (bicyclic) bond motifs is 3. The zero-order valence-electron chi connectivity index (χ0n) is 16.7. The van der Waals surface area contributed by atoms with E-state index in [0.717, 1.165) is 22.3 Å². The third-order valence-electron chi connectivity index (χ3n) is 5.45. The third kappa shape index (κ3) is 4.70. The summed E-state index contributed by atoms with van der Waals surface area (Å²) in [5, 5.41) is 22.0. The van der Waals surface area contributed by atoms with Crippen LogP contribution in [0.5, 0.6) is 5.75 Å². The summed E-state index contributed by atoms with van der Waals surface area (Å²) in [7, 11) is 0. The molecule has 0 spiro atoms. The minimum Gasteiger partial charge on any atom is -0.506 e. The maximum absolute atomic E-state index is 12.5. The van der Waals surface area contributed by atoms with Gasteiger partial charge in [-0.05, 0) is 85.1 Å². The number of aromatic hydroxyl groups is 1. The molecule has 164 valence electrons. The van der Waals surface area contributed by atoms with Gasteiger partial charge >= 0.3 is 12.1 Å². The van der Waals surface area contributed by atoms with E-state index in [1.165, 1.54) is 0 Å². The van der Waals surface area contributed by atoms with Crippen LogP contribution in [0.15, 0.2) is 60.7 Å². The number of carboxylic acid groups (broad SMARTS) is 1. The summed E-state index contributed by atoms with van der Waals surface area (Å²) in [6.07, 6.45) is -0.700. The van der Waals surface area contributed by atoms with Gasteiger partial charge in [0.15, 0.2) is 0 Å². The number of halogens is 2. The molecular weight excluding hydrogens is 636 g/mol. The highest BCUT2D eigenvalue weighted by atomic mass is 127. The summed E-state index contributed by atoms with van der Waals surface area (Å²) in [4.78, 5) is 24.2. The Morgan fingerprint density at radius 1 is 0.969 bits per heavy atom. The van der Waals surface area contributed by atoms with Crippen molar-refractivity contribution in [2.45, 2.75) is 18.4 Å². The molecule has 0 saturated carbocycles. The fraction of sp³-hybridized carbons (Fsp3) is 0.167. The molecule has 0 aromatic heterocycles. The number of phenols is 1. The molecule has 6 nitrogen and oxygen atoms in total. The van der Waals surface area contributed by atoms with Crippen molar-refractivity contribution in [3.05, 3.63) is 84.5 Å². The molecule has 0 heterocycles. The van der Waals surface area contributed by atoms with E-state index in [1.807, 2.05) is 81.6 Å². The lowest BCUT2D eigenvalue weighted by atomic mass is 9.98. The third-order valence-corrected chi connectivity index (χ3v) is 7.09. The van der Waals surface area contributed by atoms with Crippen LogP contribution in [-0.2, 0) is 16.0 Å². The first kappa shape index (κ1) is 22.8. The van der Waals surface area contributed by atoms with Crippen molar-refractivity contribution < 1.29 is 24.5 Å². The molecule has 0 radical (unpaired) electrons. The number of carboxylic acids is 1. The molecule has 32 heavy (non-hydrogen) atoms. The number of nitrogens with one attached hydrogen (secondary N) is 1. The Labute approximate surface area is 212 Å². The quantitative estimate of drug-likeness (QED) is 0.320. The van der Waals surface area contributed by atoms with Gasteiger partial charge in [-0.2, -0.15) is 0 Å². The highest BCUT2D eigenvalue weighted by Crippen LogP contribution is 2.44. The van der Waals surface area contributed by atoms with Crippen LogP contribution in [0.1, 0.15) is 22.6 Å².